The average Bonchev–Trinajstić information content (AvgIpc) is 2.65. The molecule has 1 aliphatic heterocycles. The minimum atomic E-state index is -4.53. The van der Waals surface area contributed by atoms with Gasteiger partial charge >= 0.3 is 12.1 Å². The second-order valence-corrected chi connectivity index (χ2v) is 6.77. The highest BCUT2D eigenvalue weighted by atomic mass is 32.2. The van der Waals surface area contributed by atoms with E-state index in [1.807, 2.05) is 0 Å². The van der Waals surface area contributed by atoms with E-state index in [0.29, 0.717) is 5.69 Å². The summed E-state index contributed by atoms with van der Waals surface area (Å²) in [5, 5.41) is 4.87. The molecule has 1 heterocycles. The highest BCUT2D eigenvalue weighted by molar-refractivity contribution is 8.00. The van der Waals surface area contributed by atoms with Crippen LogP contribution < -0.4 is 10.6 Å². The van der Waals surface area contributed by atoms with E-state index in [0.717, 1.165) is 23.1 Å². The molecular weight excluding hydrogens is 397 g/mol. The van der Waals surface area contributed by atoms with Crippen LogP contribution in [0, 0.1) is 0 Å². The summed E-state index contributed by atoms with van der Waals surface area (Å²) in [5.41, 5.74) is -0.363. The van der Waals surface area contributed by atoms with Crippen LogP contribution in [0.15, 0.2) is 47.4 Å². The molecule has 1 aliphatic rings. The number of nitrogens with one attached hydrogen (secondary N) is 2. The van der Waals surface area contributed by atoms with Crippen LogP contribution in [0.25, 0.3) is 0 Å². The monoisotopic (exact) mass is 410 g/mol. The van der Waals surface area contributed by atoms with E-state index in [-0.39, 0.29) is 22.9 Å². The van der Waals surface area contributed by atoms with Crippen molar-refractivity contribution in [3.8, 4) is 0 Å². The molecule has 0 radical (unpaired) electrons. The zero-order valence-corrected chi connectivity index (χ0v) is 14.9. The molecule has 0 aliphatic carbocycles. The van der Waals surface area contributed by atoms with E-state index in [1.165, 1.54) is 30.0 Å². The second-order valence-electron chi connectivity index (χ2n) is 5.75. The molecule has 10 heteroatoms. The molecule has 2 aromatic carbocycles. The van der Waals surface area contributed by atoms with Gasteiger partial charge in [-0.15, -0.1) is 11.8 Å². The summed E-state index contributed by atoms with van der Waals surface area (Å²) >= 11 is 1.33. The maximum absolute atomic E-state index is 12.7. The van der Waals surface area contributed by atoms with Gasteiger partial charge < -0.3 is 15.4 Å². The molecular formula is C18H13F3N2O4S. The Morgan fingerprint density at radius 1 is 1.18 bits per heavy atom. The molecule has 146 valence electrons. The van der Waals surface area contributed by atoms with Gasteiger partial charge in [-0.2, -0.15) is 13.2 Å². The number of hydrogen-bond donors (Lipinski definition) is 2. The lowest BCUT2D eigenvalue weighted by Crippen LogP contribution is -2.22. The van der Waals surface area contributed by atoms with Crippen LogP contribution in [0.2, 0.25) is 0 Å². The zero-order valence-electron chi connectivity index (χ0n) is 14.1. The first-order valence-corrected chi connectivity index (χ1v) is 8.92. The molecule has 0 fully saturated rings. The summed E-state index contributed by atoms with van der Waals surface area (Å²) in [7, 11) is 0. The quantitative estimate of drug-likeness (QED) is 0.754. The minimum absolute atomic E-state index is 0.0654. The summed E-state index contributed by atoms with van der Waals surface area (Å²) in [4.78, 5) is 36.2. The number of alkyl halides is 3. The predicted octanol–water partition coefficient (Wildman–Crippen LogP) is 3.55. The number of esters is 1. The van der Waals surface area contributed by atoms with Gasteiger partial charge in [0.25, 0.3) is 5.91 Å². The fourth-order valence-electron chi connectivity index (χ4n) is 2.39. The first kappa shape index (κ1) is 19.7. The fourth-order valence-corrected chi connectivity index (χ4v) is 3.18. The molecule has 28 heavy (non-hydrogen) atoms. The largest absolute Gasteiger partial charge is 0.452 e. The molecule has 0 saturated heterocycles. The minimum Gasteiger partial charge on any atom is -0.452 e. The number of ether oxygens (including phenoxy) is 1. The molecule has 0 atom stereocenters. The number of anilines is 2. The molecule has 2 aromatic rings. The van der Waals surface area contributed by atoms with E-state index >= 15 is 0 Å². The van der Waals surface area contributed by atoms with Crippen molar-refractivity contribution in [2.24, 2.45) is 0 Å². The number of fused-ring (bicyclic) bond motifs is 1. The zero-order chi connectivity index (χ0) is 20.3. The van der Waals surface area contributed by atoms with Gasteiger partial charge in [0.1, 0.15) is 0 Å². The van der Waals surface area contributed by atoms with Gasteiger partial charge in [0.2, 0.25) is 5.91 Å². The Morgan fingerprint density at radius 3 is 2.71 bits per heavy atom. The van der Waals surface area contributed by atoms with Gasteiger partial charge in [0.05, 0.1) is 22.6 Å². The van der Waals surface area contributed by atoms with Gasteiger partial charge in [0, 0.05) is 10.6 Å². The molecule has 6 nitrogen and oxygen atoms in total. The van der Waals surface area contributed by atoms with Gasteiger partial charge in [-0.3, -0.25) is 9.59 Å². The van der Waals surface area contributed by atoms with Gasteiger partial charge in [-0.25, -0.2) is 4.79 Å². The number of amides is 2. The number of benzene rings is 2. The first-order valence-electron chi connectivity index (χ1n) is 7.93. The molecule has 0 unspecified atom stereocenters. The van der Waals surface area contributed by atoms with E-state index in [2.05, 4.69) is 10.6 Å². The Kier molecular flexibility index (Phi) is 5.59. The predicted molar refractivity (Wildman–Crippen MR) is 96.2 cm³/mol. The lowest BCUT2D eigenvalue weighted by molar-refractivity contribution is -0.137. The van der Waals surface area contributed by atoms with Crippen LogP contribution in [0.5, 0.6) is 0 Å². The highest BCUT2D eigenvalue weighted by Gasteiger charge is 2.30. The lowest BCUT2D eigenvalue weighted by Gasteiger charge is -2.16. The molecule has 3 rings (SSSR count). The number of hydrogen-bond acceptors (Lipinski definition) is 5. The number of carbonyl (C=O) groups excluding carboxylic acids is 3. The van der Waals surface area contributed by atoms with Crippen LogP contribution in [-0.4, -0.2) is 30.1 Å². The van der Waals surface area contributed by atoms with Crippen molar-refractivity contribution in [1.82, 2.24) is 0 Å². The standard InChI is InChI=1S/C18H13F3N2O4S/c19-18(20,21)11-2-1-3-12(7-11)22-15(24)8-27-17(26)10-4-5-14-13(6-10)23-16(25)9-28-14/h1-7H,8-9H2,(H,22,24)(H,23,25). The third kappa shape index (κ3) is 4.83. The third-order valence-corrected chi connectivity index (χ3v) is 4.73. The van der Waals surface area contributed by atoms with Crippen LogP contribution in [0.1, 0.15) is 15.9 Å². The molecule has 0 spiro atoms. The van der Waals surface area contributed by atoms with E-state index in [9.17, 15) is 27.6 Å². The van der Waals surface area contributed by atoms with Crippen molar-refractivity contribution in [1.29, 1.82) is 0 Å². The molecule has 0 aromatic heterocycles. The normalized spacial score (nSPS) is 13.3. The number of halogens is 3. The highest BCUT2D eigenvalue weighted by Crippen LogP contribution is 2.32. The van der Waals surface area contributed by atoms with Crippen molar-refractivity contribution in [3.05, 3.63) is 53.6 Å². The summed E-state index contributed by atoms with van der Waals surface area (Å²) < 4.78 is 42.9. The second kappa shape index (κ2) is 7.93. The van der Waals surface area contributed by atoms with Crippen molar-refractivity contribution in [3.63, 3.8) is 0 Å². The van der Waals surface area contributed by atoms with E-state index in [4.69, 9.17) is 4.74 Å². The summed E-state index contributed by atoms with van der Waals surface area (Å²) in [6, 6.07) is 8.69. The van der Waals surface area contributed by atoms with Crippen molar-refractivity contribution in [2.45, 2.75) is 11.1 Å². The Labute approximate surface area is 161 Å². The SMILES string of the molecule is O=C(COC(=O)c1ccc2c(c1)NC(=O)CS2)Nc1cccc(C(F)(F)F)c1. The van der Waals surface area contributed by atoms with Crippen LogP contribution in [0.3, 0.4) is 0 Å². The topological polar surface area (TPSA) is 84.5 Å². The maximum atomic E-state index is 12.7. The van der Waals surface area contributed by atoms with Crippen LogP contribution in [-0.2, 0) is 20.5 Å². The first-order chi connectivity index (χ1) is 13.2. The molecule has 2 N–H and O–H groups in total. The Morgan fingerprint density at radius 2 is 1.96 bits per heavy atom. The Balaban J connectivity index is 1.58. The van der Waals surface area contributed by atoms with Crippen LogP contribution in [0.4, 0.5) is 24.5 Å². The Bertz CT molecular complexity index is 947. The fraction of sp³-hybridized carbons (Fsp3) is 0.167. The molecule has 2 amide bonds. The summed E-state index contributed by atoms with van der Waals surface area (Å²) in [6.45, 7) is -0.673. The van der Waals surface area contributed by atoms with Crippen molar-refractivity contribution >= 4 is 40.9 Å². The summed E-state index contributed by atoms with van der Waals surface area (Å²) in [5.74, 6) is -1.49. The van der Waals surface area contributed by atoms with E-state index in [1.54, 1.807) is 6.07 Å². The average molecular weight is 410 g/mol. The smallest absolute Gasteiger partial charge is 0.416 e. The maximum Gasteiger partial charge on any atom is 0.416 e. The number of thioether (sulfide) groups is 1. The van der Waals surface area contributed by atoms with Gasteiger partial charge in [-0.05, 0) is 36.4 Å². The van der Waals surface area contributed by atoms with E-state index < -0.39 is 30.2 Å². The lowest BCUT2D eigenvalue weighted by atomic mass is 10.2. The molecule has 0 bridgehead atoms. The van der Waals surface area contributed by atoms with Gasteiger partial charge in [-0.1, -0.05) is 6.07 Å². The third-order valence-electron chi connectivity index (χ3n) is 3.66. The summed E-state index contributed by atoms with van der Waals surface area (Å²) in [6.07, 6.45) is -4.53. The van der Waals surface area contributed by atoms with Gasteiger partial charge in [0.15, 0.2) is 6.61 Å². The number of rotatable bonds is 4. The van der Waals surface area contributed by atoms with Crippen molar-refractivity contribution in [2.75, 3.05) is 23.0 Å². The van der Waals surface area contributed by atoms with Crippen molar-refractivity contribution < 1.29 is 32.3 Å². The van der Waals surface area contributed by atoms with Crippen LogP contribution >= 0.6 is 11.8 Å². The Hall–Kier alpha value is -3.01. The number of carbonyl (C=O) groups is 3. The molecule has 0 saturated carbocycles.